The minimum Gasteiger partial charge on any atom is -0.330 e. The molecule has 1 rings (SSSR count). The Kier molecular flexibility index (Phi) is 4.31. The first-order valence-electron chi connectivity index (χ1n) is 4.64. The van der Waals surface area contributed by atoms with Crippen LogP contribution in [0, 0.1) is 5.92 Å². The van der Waals surface area contributed by atoms with Crippen molar-refractivity contribution < 1.29 is 0 Å². The molecule has 0 amide bonds. The average Bonchev–Trinajstić information content (AvgIpc) is 2.01. The molecule has 2 atom stereocenters. The zero-order chi connectivity index (χ0) is 8.10. The van der Waals surface area contributed by atoms with Crippen molar-refractivity contribution in [1.29, 1.82) is 0 Å². The van der Waals surface area contributed by atoms with Gasteiger partial charge in [-0.1, -0.05) is 19.8 Å². The van der Waals surface area contributed by atoms with Gasteiger partial charge < -0.3 is 5.73 Å². The van der Waals surface area contributed by atoms with E-state index >= 15 is 0 Å². The molecule has 1 saturated carbocycles. The van der Waals surface area contributed by atoms with Gasteiger partial charge in [-0.25, -0.2) is 0 Å². The third kappa shape index (κ3) is 3.48. The van der Waals surface area contributed by atoms with Gasteiger partial charge in [0.2, 0.25) is 0 Å². The van der Waals surface area contributed by atoms with Gasteiger partial charge >= 0.3 is 0 Å². The standard InChI is InChI=1S/C9H19NS/c1-8-3-2-4-9(7-8)11-6-5-10/h8-9H,2-7,10H2,1H3. The van der Waals surface area contributed by atoms with Crippen molar-refractivity contribution in [3.8, 4) is 0 Å². The molecule has 2 N–H and O–H groups in total. The second-order valence-corrected chi connectivity index (χ2v) is 4.96. The zero-order valence-electron chi connectivity index (χ0n) is 7.38. The normalized spacial score (nSPS) is 32.2. The van der Waals surface area contributed by atoms with Crippen molar-refractivity contribution in [3.63, 3.8) is 0 Å². The van der Waals surface area contributed by atoms with E-state index in [2.05, 4.69) is 18.7 Å². The maximum absolute atomic E-state index is 5.46. The number of hydrogen-bond donors (Lipinski definition) is 1. The lowest BCUT2D eigenvalue weighted by molar-refractivity contribution is 0.394. The Labute approximate surface area is 74.1 Å². The van der Waals surface area contributed by atoms with E-state index in [1.165, 1.54) is 25.7 Å². The molecule has 1 fully saturated rings. The van der Waals surface area contributed by atoms with E-state index in [0.29, 0.717) is 0 Å². The fourth-order valence-corrected chi connectivity index (χ4v) is 3.03. The summed E-state index contributed by atoms with van der Waals surface area (Å²) in [6.45, 7) is 3.21. The third-order valence-electron chi connectivity index (χ3n) is 2.36. The molecule has 0 spiro atoms. The SMILES string of the molecule is CC1CCCC(SCCN)C1. The van der Waals surface area contributed by atoms with E-state index in [1.54, 1.807) is 0 Å². The molecule has 11 heavy (non-hydrogen) atoms. The molecule has 0 radical (unpaired) electrons. The quantitative estimate of drug-likeness (QED) is 0.708. The zero-order valence-corrected chi connectivity index (χ0v) is 8.20. The third-order valence-corrected chi connectivity index (χ3v) is 3.73. The molecule has 2 heteroatoms. The molecule has 0 heterocycles. The van der Waals surface area contributed by atoms with Gasteiger partial charge in [0.25, 0.3) is 0 Å². The van der Waals surface area contributed by atoms with E-state index in [-0.39, 0.29) is 0 Å². The fraction of sp³-hybridized carbons (Fsp3) is 1.00. The predicted molar refractivity (Wildman–Crippen MR) is 52.9 cm³/mol. The van der Waals surface area contributed by atoms with Gasteiger partial charge in [0, 0.05) is 17.5 Å². The van der Waals surface area contributed by atoms with Crippen molar-refractivity contribution in [1.82, 2.24) is 0 Å². The van der Waals surface area contributed by atoms with E-state index in [0.717, 1.165) is 23.5 Å². The summed E-state index contributed by atoms with van der Waals surface area (Å²) in [6, 6.07) is 0. The van der Waals surface area contributed by atoms with Gasteiger partial charge in [-0.15, -0.1) is 0 Å². The molecule has 0 aliphatic heterocycles. The van der Waals surface area contributed by atoms with Crippen LogP contribution in [0.2, 0.25) is 0 Å². The fourth-order valence-electron chi connectivity index (χ4n) is 1.76. The highest BCUT2D eigenvalue weighted by molar-refractivity contribution is 7.99. The molecule has 0 bridgehead atoms. The van der Waals surface area contributed by atoms with Crippen LogP contribution in [0.5, 0.6) is 0 Å². The summed E-state index contributed by atoms with van der Waals surface area (Å²) in [5, 5.41) is 0.919. The van der Waals surface area contributed by atoms with Crippen LogP contribution in [-0.2, 0) is 0 Å². The highest BCUT2D eigenvalue weighted by Crippen LogP contribution is 2.31. The molecule has 0 saturated heterocycles. The van der Waals surface area contributed by atoms with Crippen LogP contribution < -0.4 is 5.73 Å². The monoisotopic (exact) mass is 173 g/mol. The van der Waals surface area contributed by atoms with Gasteiger partial charge in [-0.05, 0) is 18.8 Å². The van der Waals surface area contributed by atoms with Gasteiger partial charge in [0.1, 0.15) is 0 Å². The van der Waals surface area contributed by atoms with Crippen LogP contribution in [-0.4, -0.2) is 17.5 Å². The van der Waals surface area contributed by atoms with Gasteiger partial charge in [-0.2, -0.15) is 11.8 Å². The van der Waals surface area contributed by atoms with Crippen LogP contribution in [0.4, 0.5) is 0 Å². The Morgan fingerprint density at radius 1 is 1.45 bits per heavy atom. The average molecular weight is 173 g/mol. The smallest absolute Gasteiger partial charge is 0.00586 e. The Bertz CT molecular complexity index is 106. The molecule has 1 aliphatic carbocycles. The number of hydrogen-bond acceptors (Lipinski definition) is 2. The number of rotatable bonds is 3. The lowest BCUT2D eigenvalue weighted by Crippen LogP contribution is -2.17. The number of thioether (sulfide) groups is 1. The van der Waals surface area contributed by atoms with Crippen LogP contribution in [0.3, 0.4) is 0 Å². The van der Waals surface area contributed by atoms with E-state index in [4.69, 9.17) is 5.73 Å². The Hall–Kier alpha value is 0.310. The van der Waals surface area contributed by atoms with E-state index in [1.807, 2.05) is 0 Å². The van der Waals surface area contributed by atoms with Crippen molar-refractivity contribution in [2.24, 2.45) is 11.7 Å². The topological polar surface area (TPSA) is 26.0 Å². The van der Waals surface area contributed by atoms with Crippen molar-refractivity contribution in [2.45, 2.75) is 37.9 Å². The summed E-state index contributed by atoms with van der Waals surface area (Å²) in [6.07, 6.45) is 5.72. The minimum absolute atomic E-state index is 0.843. The summed E-state index contributed by atoms with van der Waals surface area (Å²) in [5.41, 5.74) is 5.46. The lowest BCUT2D eigenvalue weighted by atomic mass is 9.91. The van der Waals surface area contributed by atoms with Crippen LogP contribution in [0.1, 0.15) is 32.6 Å². The lowest BCUT2D eigenvalue weighted by Gasteiger charge is -2.25. The molecule has 0 aromatic rings. The number of nitrogens with two attached hydrogens (primary N) is 1. The molecule has 2 unspecified atom stereocenters. The summed E-state index contributed by atoms with van der Waals surface area (Å²) in [7, 11) is 0. The first-order chi connectivity index (χ1) is 5.33. The van der Waals surface area contributed by atoms with E-state index in [9.17, 15) is 0 Å². The van der Waals surface area contributed by atoms with E-state index < -0.39 is 0 Å². The molecule has 0 aromatic carbocycles. The second-order valence-electron chi connectivity index (χ2n) is 3.55. The van der Waals surface area contributed by atoms with Crippen LogP contribution in [0.15, 0.2) is 0 Å². The Balaban J connectivity index is 2.12. The summed E-state index contributed by atoms with van der Waals surface area (Å²) >= 11 is 2.08. The van der Waals surface area contributed by atoms with Crippen molar-refractivity contribution in [3.05, 3.63) is 0 Å². The van der Waals surface area contributed by atoms with Crippen LogP contribution in [0.25, 0.3) is 0 Å². The first-order valence-corrected chi connectivity index (χ1v) is 5.69. The second kappa shape index (κ2) is 5.04. The minimum atomic E-state index is 0.843. The van der Waals surface area contributed by atoms with Crippen molar-refractivity contribution >= 4 is 11.8 Å². The first kappa shape index (κ1) is 9.40. The highest BCUT2D eigenvalue weighted by Gasteiger charge is 2.18. The summed E-state index contributed by atoms with van der Waals surface area (Å²) in [5.74, 6) is 2.11. The molecular formula is C9H19NS. The van der Waals surface area contributed by atoms with Crippen molar-refractivity contribution in [2.75, 3.05) is 12.3 Å². The predicted octanol–water partition coefficient (Wildman–Crippen LogP) is 2.26. The maximum atomic E-state index is 5.46. The maximum Gasteiger partial charge on any atom is 0.00586 e. The summed E-state index contributed by atoms with van der Waals surface area (Å²) < 4.78 is 0. The molecule has 1 aliphatic rings. The van der Waals surface area contributed by atoms with Gasteiger partial charge in [0.15, 0.2) is 0 Å². The Morgan fingerprint density at radius 3 is 2.91 bits per heavy atom. The van der Waals surface area contributed by atoms with Gasteiger partial charge in [-0.3, -0.25) is 0 Å². The molecule has 1 nitrogen and oxygen atoms in total. The summed E-state index contributed by atoms with van der Waals surface area (Å²) in [4.78, 5) is 0. The molecule has 66 valence electrons. The highest BCUT2D eigenvalue weighted by atomic mass is 32.2. The largest absolute Gasteiger partial charge is 0.330 e. The van der Waals surface area contributed by atoms with Crippen LogP contribution >= 0.6 is 11.8 Å². The molecule has 0 aromatic heterocycles. The Morgan fingerprint density at radius 2 is 2.27 bits per heavy atom. The van der Waals surface area contributed by atoms with Gasteiger partial charge in [0.05, 0.1) is 0 Å². The molecular weight excluding hydrogens is 154 g/mol.